The molecule has 1 aromatic carbocycles. The van der Waals surface area contributed by atoms with Crippen LogP contribution in [-0.4, -0.2) is 43.1 Å². The lowest BCUT2D eigenvalue weighted by molar-refractivity contribution is -0.158. The monoisotopic (exact) mass is 361 g/mol. The van der Waals surface area contributed by atoms with Crippen molar-refractivity contribution in [3.8, 4) is 5.75 Å². The molecule has 1 fully saturated rings. The van der Waals surface area contributed by atoms with Crippen molar-refractivity contribution in [2.24, 2.45) is 0 Å². The van der Waals surface area contributed by atoms with E-state index in [0.717, 1.165) is 37.3 Å². The van der Waals surface area contributed by atoms with E-state index in [2.05, 4.69) is 9.64 Å². The molecule has 0 spiro atoms. The maximum absolute atomic E-state index is 11.3. The molecule has 26 heavy (non-hydrogen) atoms. The topological polar surface area (TPSA) is 55.8 Å². The molecule has 1 aromatic rings. The lowest BCUT2D eigenvalue weighted by Gasteiger charge is -2.19. The van der Waals surface area contributed by atoms with Crippen LogP contribution in [0.3, 0.4) is 0 Å². The summed E-state index contributed by atoms with van der Waals surface area (Å²) < 4.78 is 10.3. The number of ether oxygens (including phenoxy) is 2. The molecule has 5 nitrogen and oxygen atoms in total. The van der Waals surface area contributed by atoms with Crippen molar-refractivity contribution in [3.05, 3.63) is 29.8 Å². The number of carbonyl (C=O) groups excluding carboxylic acids is 2. The molecule has 0 unspecified atom stereocenters. The summed E-state index contributed by atoms with van der Waals surface area (Å²) in [5.41, 5.74) is 1.15. The van der Waals surface area contributed by atoms with Gasteiger partial charge in [-0.2, -0.15) is 0 Å². The molecule has 0 radical (unpaired) electrons. The summed E-state index contributed by atoms with van der Waals surface area (Å²) in [7, 11) is 0. The average Bonchev–Trinajstić information content (AvgIpc) is 2.88. The first-order valence-electron chi connectivity index (χ1n) is 9.79. The zero-order chi connectivity index (χ0) is 18.6. The molecule has 0 aromatic heterocycles. The van der Waals surface area contributed by atoms with Gasteiger partial charge in [0.2, 0.25) is 0 Å². The molecule has 1 aliphatic heterocycles. The van der Waals surface area contributed by atoms with E-state index in [4.69, 9.17) is 4.74 Å². The van der Waals surface area contributed by atoms with Crippen LogP contribution in [0.1, 0.15) is 57.4 Å². The molecule has 0 saturated carbocycles. The number of carbonyl (C=O) groups is 2. The summed E-state index contributed by atoms with van der Waals surface area (Å²) in [6, 6.07) is 8.02. The highest BCUT2D eigenvalue weighted by Crippen LogP contribution is 2.15. The highest BCUT2D eigenvalue weighted by molar-refractivity contribution is 5.83. The Bertz CT molecular complexity index is 548. The smallest absolute Gasteiger partial charge is 0.313 e. The molecule has 0 atom stereocenters. The highest BCUT2D eigenvalue weighted by Gasteiger charge is 2.08. The predicted octanol–water partition coefficient (Wildman–Crippen LogP) is 3.74. The number of likely N-dealkylation sites (tertiary alicyclic amines) is 1. The van der Waals surface area contributed by atoms with Gasteiger partial charge in [0.05, 0.1) is 6.61 Å². The molecule has 1 heterocycles. The van der Waals surface area contributed by atoms with Crippen molar-refractivity contribution in [1.29, 1.82) is 0 Å². The third-order valence-electron chi connectivity index (χ3n) is 4.61. The summed E-state index contributed by atoms with van der Waals surface area (Å²) in [6.07, 6.45) is 8.16. The zero-order valence-corrected chi connectivity index (χ0v) is 15.9. The number of hydrogen-bond acceptors (Lipinski definition) is 5. The Labute approximate surface area is 156 Å². The summed E-state index contributed by atoms with van der Waals surface area (Å²) in [4.78, 5) is 24.5. The van der Waals surface area contributed by atoms with Gasteiger partial charge >= 0.3 is 11.9 Å². The highest BCUT2D eigenvalue weighted by atomic mass is 16.6. The van der Waals surface area contributed by atoms with E-state index >= 15 is 0 Å². The largest absolute Gasteiger partial charge is 0.494 e. The molecule has 0 N–H and O–H groups in total. The van der Waals surface area contributed by atoms with E-state index in [-0.39, 0.29) is 6.42 Å². The molecular weight excluding hydrogens is 330 g/mol. The quantitative estimate of drug-likeness (QED) is 0.381. The van der Waals surface area contributed by atoms with Crippen LogP contribution in [0, 0.1) is 0 Å². The van der Waals surface area contributed by atoms with Gasteiger partial charge in [-0.3, -0.25) is 9.59 Å². The normalized spacial score (nSPS) is 15.3. The summed E-state index contributed by atoms with van der Waals surface area (Å²) in [5.74, 6) is -0.116. The van der Waals surface area contributed by atoms with Gasteiger partial charge in [0.25, 0.3) is 0 Å². The fourth-order valence-electron chi connectivity index (χ4n) is 3.24. The Balaban J connectivity index is 1.59. The summed E-state index contributed by atoms with van der Waals surface area (Å²) in [6.45, 7) is 5.56. The summed E-state index contributed by atoms with van der Waals surface area (Å²) in [5, 5.41) is 0. The minimum atomic E-state index is -0.549. The van der Waals surface area contributed by atoms with Crippen molar-refractivity contribution in [2.45, 2.75) is 58.3 Å². The Hall–Kier alpha value is -1.88. The molecule has 0 aliphatic carbocycles. The van der Waals surface area contributed by atoms with Gasteiger partial charge < -0.3 is 14.4 Å². The maximum Gasteiger partial charge on any atom is 0.313 e. The molecule has 0 amide bonds. The molecule has 2 rings (SSSR count). The number of benzene rings is 1. The lowest BCUT2D eigenvalue weighted by Crippen LogP contribution is -2.26. The third-order valence-corrected chi connectivity index (χ3v) is 4.61. The van der Waals surface area contributed by atoms with Gasteiger partial charge in [-0.1, -0.05) is 25.0 Å². The standard InChI is InChI=1S/C21H31NO4/c1-18(23)26-21(24)9-6-8-19-10-12-20(13-11-19)25-17-7-16-22-14-4-2-3-5-15-22/h10-13H,2-9,14-17H2,1H3. The first-order valence-corrected chi connectivity index (χ1v) is 9.79. The van der Waals surface area contributed by atoms with Gasteiger partial charge in [0.1, 0.15) is 5.75 Å². The van der Waals surface area contributed by atoms with Crippen LogP contribution in [0.5, 0.6) is 5.75 Å². The number of aryl methyl sites for hydroxylation is 1. The van der Waals surface area contributed by atoms with Crippen LogP contribution in [0.4, 0.5) is 0 Å². The van der Waals surface area contributed by atoms with Crippen molar-refractivity contribution < 1.29 is 19.1 Å². The van der Waals surface area contributed by atoms with E-state index in [0.29, 0.717) is 6.42 Å². The first kappa shape index (κ1) is 20.4. The lowest BCUT2D eigenvalue weighted by atomic mass is 10.1. The number of esters is 2. The average molecular weight is 361 g/mol. The third kappa shape index (κ3) is 8.48. The molecule has 0 bridgehead atoms. The molecule has 5 heteroatoms. The van der Waals surface area contributed by atoms with Crippen molar-refractivity contribution in [3.63, 3.8) is 0 Å². The van der Waals surface area contributed by atoms with Crippen molar-refractivity contribution in [2.75, 3.05) is 26.2 Å². The van der Waals surface area contributed by atoms with Crippen LogP contribution < -0.4 is 4.74 Å². The van der Waals surface area contributed by atoms with E-state index in [9.17, 15) is 9.59 Å². The van der Waals surface area contributed by atoms with Crippen LogP contribution in [0.25, 0.3) is 0 Å². The number of hydrogen-bond donors (Lipinski definition) is 0. The molecule has 1 saturated heterocycles. The molecule has 1 aliphatic rings. The van der Waals surface area contributed by atoms with Gasteiger partial charge in [-0.25, -0.2) is 0 Å². The minimum absolute atomic E-state index is 0.258. The number of rotatable bonds is 9. The van der Waals surface area contributed by atoms with E-state index in [1.54, 1.807) is 0 Å². The Morgan fingerprint density at radius 3 is 2.35 bits per heavy atom. The Morgan fingerprint density at radius 2 is 1.69 bits per heavy atom. The second-order valence-electron chi connectivity index (χ2n) is 6.92. The second-order valence-corrected chi connectivity index (χ2v) is 6.92. The number of nitrogens with zero attached hydrogens (tertiary/aromatic N) is 1. The fraction of sp³-hybridized carbons (Fsp3) is 0.619. The fourth-order valence-corrected chi connectivity index (χ4v) is 3.24. The van der Waals surface area contributed by atoms with E-state index in [1.807, 2.05) is 24.3 Å². The minimum Gasteiger partial charge on any atom is -0.494 e. The zero-order valence-electron chi connectivity index (χ0n) is 15.9. The van der Waals surface area contributed by atoms with Crippen LogP contribution in [0.15, 0.2) is 24.3 Å². The Morgan fingerprint density at radius 1 is 1.00 bits per heavy atom. The van der Waals surface area contributed by atoms with E-state index < -0.39 is 11.9 Å². The maximum atomic E-state index is 11.3. The second kappa shape index (κ2) is 11.7. The van der Waals surface area contributed by atoms with Crippen molar-refractivity contribution >= 4 is 11.9 Å². The van der Waals surface area contributed by atoms with Gasteiger partial charge in [0.15, 0.2) is 0 Å². The van der Waals surface area contributed by atoms with Gasteiger partial charge in [-0.05, 0) is 62.9 Å². The van der Waals surface area contributed by atoms with Crippen LogP contribution in [0.2, 0.25) is 0 Å². The first-order chi connectivity index (χ1) is 12.6. The van der Waals surface area contributed by atoms with Crippen LogP contribution in [-0.2, 0) is 20.7 Å². The molecular formula is C21H31NO4. The molecule has 144 valence electrons. The predicted molar refractivity (Wildman–Crippen MR) is 101 cm³/mol. The van der Waals surface area contributed by atoms with Crippen molar-refractivity contribution in [1.82, 2.24) is 4.90 Å². The Kier molecular flexibility index (Phi) is 9.18. The SMILES string of the molecule is CC(=O)OC(=O)CCCc1ccc(OCCCN2CCCCCC2)cc1. The van der Waals surface area contributed by atoms with Crippen LogP contribution >= 0.6 is 0 Å². The summed E-state index contributed by atoms with van der Waals surface area (Å²) >= 11 is 0. The van der Waals surface area contributed by atoms with Gasteiger partial charge in [0, 0.05) is 19.9 Å². The van der Waals surface area contributed by atoms with E-state index in [1.165, 1.54) is 45.7 Å². The van der Waals surface area contributed by atoms with Gasteiger partial charge in [-0.15, -0.1) is 0 Å².